The predicted molar refractivity (Wildman–Crippen MR) is 97.0 cm³/mol. The van der Waals surface area contributed by atoms with Crippen LogP contribution in [0.5, 0.6) is 0 Å². The van der Waals surface area contributed by atoms with E-state index in [1.54, 1.807) is 25.2 Å². The number of urea groups is 1. The van der Waals surface area contributed by atoms with Crippen molar-refractivity contribution in [2.24, 2.45) is 14.1 Å². The van der Waals surface area contributed by atoms with E-state index < -0.39 is 5.76 Å². The SMILES string of the molecule is Cn1ccc2ccc(NC(=O)Nc3ccc4c(c3)oc(=O)n4C)cc21. The molecule has 0 aliphatic heterocycles. The van der Waals surface area contributed by atoms with Crippen LogP contribution in [0.1, 0.15) is 0 Å². The molecule has 2 amide bonds. The van der Waals surface area contributed by atoms with Crippen molar-refractivity contribution in [2.75, 3.05) is 10.6 Å². The van der Waals surface area contributed by atoms with Gasteiger partial charge in [0.05, 0.1) is 5.52 Å². The fourth-order valence-electron chi connectivity index (χ4n) is 2.85. The maximum Gasteiger partial charge on any atom is 0.419 e. The molecule has 2 aromatic heterocycles. The molecule has 7 nitrogen and oxygen atoms in total. The first-order valence-corrected chi connectivity index (χ1v) is 7.74. The Bertz CT molecular complexity index is 1170. The lowest BCUT2D eigenvalue weighted by Gasteiger charge is -2.08. The van der Waals surface area contributed by atoms with E-state index in [2.05, 4.69) is 10.6 Å². The molecule has 7 heteroatoms. The second-order valence-corrected chi connectivity index (χ2v) is 5.89. The molecule has 0 aliphatic rings. The van der Waals surface area contributed by atoms with Crippen molar-refractivity contribution in [1.29, 1.82) is 0 Å². The molecule has 126 valence electrons. The molecule has 0 unspecified atom stereocenters. The summed E-state index contributed by atoms with van der Waals surface area (Å²) in [5.74, 6) is -0.438. The van der Waals surface area contributed by atoms with Crippen molar-refractivity contribution in [1.82, 2.24) is 9.13 Å². The highest BCUT2D eigenvalue weighted by molar-refractivity contribution is 6.01. The topological polar surface area (TPSA) is 81.2 Å². The molecule has 0 saturated heterocycles. The van der Waals surface area contributed by atoms with Crippen LogP contribution in [-0.2, 0) is 14.1 Å². The minimum atomic E-state index is -0.438. The number of aryl methyl sites for hydroxylation is 2. The number of amides is 2. The standard InChI is InChI=1S/C18H16N4O3/c1-21-8-7-11-3-4-12(9-15(11)21)19-17(23)20-13-5-6-14-16(10-13)25-18(24)22(14)2/h3-10H,1-2H3,(H2,19,20,23). The van der Waals surface area contributed by atoms with Gasteiger partial charge in [-0.25, -0.2) is 9.59 Å². The third kappa shape index (κ3) is 2.65. The molecule has 0 atom stereocenters. The van der Waals surface area contributed by atoms with E-state index in [-0.39, 0.29) is 6.03 Å². The Labute approximate surface area is 142 Å². The first-order chi connectivity index (χ1) is 12.0. The number of aromatic nitrogens is 2. The molecule has 0 spiro atoms. The Morgan fingerprint density at radius 3 is 2.48 bits per heavy atom. The zero-order chi connectivity index (χ0) is 17.6. The van der Waals surface area contributed by atoms with Crippen LogP contribution in [0.4, 0.5) is 16.2 Å². The summed E-state index contributed by atoms with van der Waals surface area (Å²) in [5.41, 5.74) is 3.37. The van der Waals surface area contributed by atoms with Gasteiger partial charge in [-0.2, -0.15) is 0 Å². The number of benzene rings is 2. The Morgan fingerprint density at radius 1 is 0.960 bits per heavy atom. The van der Waals surface area contributed by atoms with Gasteiger partial charge in [0.15, 0.2) is 5.58 Å². The highest BCUT2D eigenvalue weighted by Gasteiger charge is 2.09. The number of anilines is 2. The van der Waals surface area contributed by atoms with Crippen LogP contribution in [0.25, 0.3) is 22.0 Å². The van der Waals surface area contributed by atoms with E-state index in [4.69, 9.17) is 4.42 Å². The summed E-state index contributed by atoms with van der Waals surface area (Å²) in [6.45, 7) is 0. The van der Waals surface area contributed by atoms with Gasteiger partial charge in [-0.05, 0) is 35.7 Å². The highest BCUT2D eigenvalue weighted by atomic mass is 16.4. The first kappa shape index (κ1) is 15.1. The van der Waals surface area contributed by atoms with E-state index >= 15 is 0 Å². The number of hydrogen-bond donors (Lipinski definition) is 2. The van der Waals surface area contributed by atoms with E-state index in [1.165, 1.54) is 4.57 Å². The lowest BCUT2D eigenvalue weighted by molar-refractivity contribution is 0.262. The number of hydrogen-bond acceptors (Lipinski definition) is 3. The molecule has 2 heterocycles. The van der Waals surface area contributed by atoms with Gasteiger partial charge < -0.3 is 19.6 Å². The molecule has 25 heavy (non-hydrogen) atoms. The molecule has 4 rings (SSSR count). The number of rotatable bonds is 2. The second kappa shape index (κ2) is 5.55. The molecule has 2 aromatic carbocycles. The lowest BCUT2D eigenvalue weighted by Crippen LogP contribution is -2.19. The number of oxazole rings is 1. The summed E-state index contributed by atoms with van der Waals surface area (Å²) >= 11 is 0. The third-order valence-electron chi connectivity index (χ3n) is 4.20. The summed E-state index contributed by atoms with van der Waals surface area (Å²) in [7, 11) is 3.59. The Hall–Kier alpha value is -3.48. The fraction of sp³-hybridized carbons (Fsp3) is 0.111. The van der Waals surface area contributed by atoms with Crippen LogP contribution < -0.4 is 16.4 Å². The van der Waals surface area contributed by atoms with Gasteiger partial charge in [-0.3, -0.25) is 4.57 Å². The number of carbonyl (C=O) groups is 1. The minimum Gasteiger partial charge on any atom is -0.408 e. The summed E-state index contributed by atoms with van der Waals surface area (Å²) < 4.78 is 8.53. The van der Waals surface area contributed by atoms with Gasteiger partial charge in [0, 0.05) is 43.3 Å². The van der Waals surface area contributed by atoms with Crippen LogP contribution in [0.15, 0.2) is 57.9 Å². The molecule has 4 aromatic rings. The Kier molecular flexibility index (Phi) is 3.35. The van der Waals surface area contributed by atoms with Crippen LogP contribution in [0, 0.1) is 0 Å². The van der Waals surface area contributed by atoms with Crippen LogP contribution in [0.2, 0.25) is 0 Å². The van der Waals surface area contributed by atoms with Gasteiger partial charge in [0.2, 0.25) is 0 Å². The molecule has 0 fully saturated rings. The highest BCUT2D eigenvalue weighted by Crippen LogP contribution is 2.21. The van der Waals surface area contributed by atoms with Gasteiger partial charge in [0.25, 0.3) is 0 Å². The number of nitrogens with one attached hydrogen (secondary N) is 2. The maximum atomic E-state index is 12.2. The van der Waals surface area contributed by atoms with Crippen LogP contribution in [-0.4, -0.2) is 15.2 Å². The average Bonchev–Trinajstić information content (AvgIpc) is 3.08. The van der Waals surface area contributed by atoms with Crippen molar-refractivity contribution < 1.29 is 9.21 Å². The molecular formula is C18H16N4O3. The van der Waals surface area contributed by atoms with Crippen molar-refractivity contribution in [3.63, 3.8) is 0 Å². The molecule has 0 saturated carbocycles. The van der Waals surface area contributed by atoms with Crippen LogP contribution in [0.3, 0.4) is 0 Å². The van der Waals surface area contributed by atoms with Gasteiger partial charge >= 0.3 is 11.8 Å². The second-order valence-electron chi connectivity index (χ2n) is 5.89. The van der Waals surface area contributed by atoms with E-state index in [1.807, 2.05) is 42.1 Å². The molecule has 0 aliphatic carbocycles. The normalized spacial score (nSPS) is 11.1. The number of fused-ring (bicyclic) bond motifs is 2. The average molecular weight is 336 g/mol. The van der Waals surface area contributed by atoms with E-state index in [9.17, 15) is 9.59 Å². The Balaban J connectivity index is 1.54. The third-order valence-corrected chi connectivity index (χ3v) is 4.20. The van der Waals surface area contributed by atoms with Gasteiger partial charge in [-0.15, -0.1) is 0 Å². The maximum absolute atomic E-state index is 12.2. The van der Waals surface area contributed by atoms with Gasteiger partial charge in [0.1, 0.15) is 0 Å². The molecule has 0 radical (unpaired) electrons. The first-order valence-electron chi connectivity index (χ1n) is 7.74. The number of nitrogens with zero attached hydrogens (tertiary/aromatic N) is 2. The van der Waals surface area contributed by atoms with Crippen molar-refractivity contribution in [3.8, 4) is 0 Å². The van der Waals surface area contributed by atoms with Crippen LogP contribution >= 0.6 is 0 Å². The van der Waals surface area contributed by atoms with Crippen molar-refractivity contribution >= 4 is 39.4 Å². The quantitative estimate of drug-likeness (QED) is 0.589. The fourth-order valence-corrected chi connectivity index (χ4v) is 2.85. The summed E-state index contributed by atoms with van der Waals surface area (Å²) in [6.07, 6.45) is 1.97. The largest absolute Gasteiger partial charge is 0.419 e. The summed E-state index contributed by atoms with van der Waals surface area (Å²) in [5, 5.41) is 6.65. The van der Waals surface area contributed by atoms with Crippen molar-refractivity contribution in [2.45, 2.75) is 0 Å². The van der Waals surface area contributed by atoms with Crippen molar-refractivity contribution in [3.05, 3.63) is 59.2 Å². The molecular weight excluding hydrogens is 320 g/mol. The summed E-state index contributed by atoms with van der Waals surface area (Å²) in [6, 6.07) is 12.4. The van der Waals surface area contributed by atoms with E-state index in [0.29, 0.717) is 22.5 Å². The summed E-state index contributed by atoms with van der Waals surface area (Å²) in [4.78, 5) is 23.7. The molecule has 2 N–H and O–H groups in total. The van der Waals surface area contributed by atoms with Gasteiger partial charge in [-0.1, -0.05) is 6.07 Å². The Morgan fingerprint density at radius 2 is 1.68 bits per heavy atom. The smallest absolute Gasteiger partial charge is 0.408 e. The molecule has 0 bridgehead atoms. The van der Waals surface area contributed by atoms with E-state index in [0.717, 1.165) is 10.9 Å². The zero-order valence-electron chi connectivity index (χ0n) is 13.7. The number of carbonyl (C=O) groups excluding carboxylic acids is 1. The zero-order valence-corrected chi connectivity index (χ0v) is 13.7. The minimum absolute atomic E-state index is 0.369. The monoisotopic (exact) mass is 336 g/mol. The predicted octanol–water partition coefficient (Wildman–Crippen LogP) is 3.27. The lowest BCUT2D eigenvalue weighted by atomic mass is 10.2.